The Hall–Kier alpha value is -7.83. The van der Waals surface area contributed by atoms with Crippen molar-refractivity contribution in [3.63, 3.8) is 0 Å². The van der Waals surface area contributed by atoms with E-state index >= 15 is 0 Å². The van der Waals surface area contributed by atoms with E-state index in [0.717, 1.165) is 48.2 Å². The molecule has 5 aromatic heterocycles. The predicted octanol–water partition coefficient (Wildman–Crippen LogP) is 4.63. The van der Waals surface area contributed by atoms with Gasteiger partial charge in [0.25, 0.3) is 22.6 Å². The molecule has 5 heterocycles. The van der Waals surface area contributed by atoms with Gasteiger partial charge < -0.3 is 20.9 Å². The lowest BCUT2D eigenvalue weighted by Crippen LogP contribution is -2.23. The van der Waals surface area contributed by atoms with Crippen molar-refractivity contribution in [1.82, 2.24) is 39.3 Å². The molecule has 0 unspecified atom stereocenters. The first-order valence-electron chi connectivity index (χ1n) is 18.4. The summed E-state index contributed by atoms with van der Waals surface area (Å²) in [6, 6.07) is 30.4. The minimum atomic E-state index is -1.14. The van der Waals surface area contributed by atoms with E-state index in [9.17, 15) is 28.8 Å². The molecule has 0 aliphatic rings. The highest BCUT2D eigenvalue weighted by Gasteiger charge is 2.10. The number of carboxylic acids is 1. The second-order valence-electron chi connectivity index (χ2n) is 13.0. The number of amides is 1. The van der Waals surface area contributed by atoms with Crippen molar-refractivity contribution in [1.29, 1.82) is 0 Å². The van der Waals surface area contributed by atoms with Crippen LogP contribution < -0.4 is 27.7 Å². The zero-order chi connectivity index (χ0) is 46.1. The summed E-state index contributed by atoms with van der Waals surface area (Å²) in [5.74, 6) is -1.16. The minimum Gasteiger partial charge on any atom is -0.476 e. The largest absolute Gasteiger partial charge is 0.476 e. The summed E-state index contributed by atoms with van der Waals surface area (Å²) >= 11 is 11.9. The summed E-state index contributed by atoms with van der Waals surface area (Å²) in [5, 5.41) is 23.6. The van der Waals surface area contributed by atoms with Crippen LogP contribution in [0.5, 0.6) is 0 Å². The van der Waals surface area contributed by atoms with Gasteiger partial charge in [-0.3, -0.25) is 19.2 Å². The third-order valence-corrected chi connectivity index (χ3v) is 8.71. The average molecular weight is 896 g/mol. The van der Waals surface area contributed by atoms with Crippen LogP contribution in [0.4, 0.5) is 11.6 Å². The predicted molar refractivity (Wildman–Crippen MR) is 236 cm³/mol. The van der Waals surface area contributed by atoms with Crippen molar-refractivity contribution in [2.45, 2.75) is 12.8 Å². The molecule has 7 rings (SSSR count). The molecule has 324 valence electrons. The number of nitrogens with two attached hydrogens (primary N) is 1. The number of carbonyl (C=O) groups excluding carboxylic acids is 2. The molecule has 0 bridgehead atoms. The number of halogens is 2. The van der Waals surface area contributed by atoms with Gasteiger partial charge in [-0.2, -0.15) is 15.3 Å². The number of carbonyl (C=O) groups is 3. The number of carboxylic acid groups (broad SMARTS) is 1. The van der Waals surface area contributed by atoms with Crippen molar-refractivity contribution in [2.24, 2.45) is 21.1 Å². The van der Waals surface area contributed by atoms with E-state index in [4.69, 9.17) is 34.0 Å². The van der Waals surface area contributed by atoms with E-state index < -0.39 is 17.8 Å². The molecule has 63 heavy (non-hydrogen) atoms. The van der Waals surface area contributed by atoms with Gasteiger partial charge in [0.2, 0.25) is 0 Å². The van der Waals surface area contributed by atoms with Gasteiger partial charge in [-0.1, -0.05) is 59.6 Å². The summed E-state index contributed by atoms with van der Waals surface area (Å²) in [5.41, 5.74) is 9.18. The van der Waals surface area contributed by atoms with Gasteiger partial charge in [-0.15, -0.1) is 0 Å². The SMILES string of the molecule is COC(=O)c1ccc(=O)n(C)n1.Cn1nc(C(=O)Nc2ccc(Cc3cccc(Cl)c3)cn2)ccc1=O.Cn1nc(C(=O)O)ccc1=O.Nc1ccc(Cc2cccc(Cl)c2)cn1. The zero-order valence-electron chi connectivity index (χ0n) is 34.2. The van der Waals surface area contributed by atoms with Gasteiger partial charge in [0.15, 0.2) is 11.4 Å². The third-order valence-electron chi connectivity index (χ3n) is 8.24. The van der Waals surface area contributed by atoms with Crippen LogP contribution in [0, 0.1) is 0 Å². The first kappa shape index (κ1) is 47.8. The Bertz CT molecular complexity index is 2870. The Morgan fingerprint density at radius 2 is 1.08 bits per heavy atom. The van der Waals surface area contributed by atoms with E-state index in [1.807, 2.05) is 60.7 Å². The maximum atomic E-state index is 12.1. The molecular formula is C43H40Cl2N10O8. The second kappa shape index (κ2) is 23.2. The Morgan fingerprint density at radius 1 is 0.619 bits per heavy atom. The number of methoxy groups -OCH3 is 1. The first-order valence-corrected chi connectivity index (χ1v) is 19.2. The number of hydrogen-bond donors (Lipinski definition) is 3. The molecule has 0 spiro atoms. The summed E-state index contributed by atoms with van der Waals surface area (Å²) in [6.07, 6.45) is 5.01. The quantitative estimate of drug-likeness (QED) is 0.176. The Kier molecular flexibility index (Phi) is 17.7. The van der Waals surface area contributed by atoms with Crippen LogP contribution in [0.15, 0.2) is 136 Å². The lowest BCUT2D eigenvalue weighted by atomic mass is 10.1. The summed E-state index contributed by atoms with van der Waals surface area (Å²) < 4.78 is 7.57. The number of anilines is 2. The number of esters is 1. The number of nitrogens with one attached hydrogen (secondary N) is 1. The molecule has 0 atom stereocenters. The number of aryl methyl sites for hydroxylation is 3. The Morgan fingerprint density at radius 3 is 1.51 bits per heavy atom. The Balaban J connectivity index is 0.000000197. The molecule has 0 saturated heterocycles. The van der Waals surface area contributed by atoms with Crippen LogP contribution >= 0.6 is 23.2 Å². The summed E-state index contributed by atoms with van der Waals surface area (Å²) in [7, 11) is 5.61. The number of aromatic carboxylic acids is 1. The molecule has 20 heteroatoms. The van der Waals surface area contributed by atoms with Crippen LogP contribution in [0.2, 0.25) is 10.0 Å². The van der Waals surface area contributed by atoms with Gasteiger partial charge in [-0.25, -0.2) is 33.6 Å². The van der Waals surface area contributed by atoms with Crippen molar-refractivity contribution in [3.05, 3.63) is 202 Å². The molecule has 0 fully saturated rings. The smallest absolute Gasteiger partial charge is 0.358 e. The summed E-state index contributed by atoms with van der Waals surface area (Å²) in [4.78, 5) is 74.4. The van der Waals surface area contributed by atoms with Crippen LogP contribution in [0.25, 0.3) is 0 Å². The fourth-order valence-corrected chi connectivity index (χ4v) is 5.47. The maximum Gasteiger partial charge on any atom is 0.358 e. The standard InChI is InChI=1S/C18H15ClN4O2.C12H11ClN2.C7H8N2O3.C6H6N2O3/c1-23-17(24)8-6-15(22-23)18(25)21-16-7-5-13(11-20-16)9-12-3-2-4-14(19)10-12;13-11-3-1-2-9(7-11)6-10-4-5-12(14)15-8-10;1-9-6(10)4-3-5(8-9)7(11)12-2;1-8-5(9)3-2-4(7-8)6(10)11/h2-8,10-11H,9H2,1H3,(H,20,21,25);1-5,7-8H,6H2,(H2,14,15);3-4H,1-2H3;2-3H,1H3,(H,10,11). The topological polar surface area (TPSA) is 249 Å². The first-order chi connectivity index (χ1) is 30.0. The molecule has 7 aromatic rings. The minimum absolute atomic E-state index is 0.125. The highest BCUT2D eigenvalue weighted by Crippen LogP contribution is 2.16. The normalized spacial score (nSPS) is 10.1. The van der Waals surface area contributed by atoms with Gasteiger partial charge in [-0.05, 0) is 89.7 Å². The molecular weight excluding hydrogens is 855 g/mol. The lowest BCUT2D eigenvalue weighted by Gasteiger charge is -2.06. The number of hydrogen-bond acceptors (Lipinski definition) is 13. The van der Waals surface area contributed by atoms with E-state index in [-0.39, 0.29) is 33.8 Å². The van der Waals surface area contributed by atoms with E-state index in [2.05, 4.69) is 35.3 Å². The lowest BCUT2D eigenvalue weighted by molar-refractivity contribution is 0.0590. The number of nitrogens with zero attached hydrogens (tertiary/aromatic N) is 8. The molecule has 2 aromatic carbocycles. The van der Waals surface area contributed by atoms with Crippen LogP contribution in [0.1, 0.15) is 53.7 Å². The van der Waals surface area contributed by atoms with E-state index in [0.29, 0.717) is 23.1 Å². The maximum absolute atomic E-state index is 12.1. The Labute approximate surface area is 369 Å². The molecule has 0 saturated carbocycles. The third kappa shape index (κ3) is 15.6. The van der Waals surface area contributed by atoms with Crippen molar-refractivity contribution < 1.29 is 24.2 Å². The zero-order valence-corrected chi connectivity index (χ0v) is 35.7. The number of nitrogen functional groups attached to an aromatic ring is 1. The monoisotopic (exact) mass is 894 g/mol. The van der Waals surface area contributed by atoms with E-state index in [1.54, 1.807) is 24.5 Å². The van der Waals surface area contributed by atoms with Crippen molar-refractivity contribution in [2.75, 3.05) is 18.2 Å². The van der Waals surface area contributed by atoms with Gasteiger partial charge in [0.1, 0.15) is 17.3 Å². The number of ether oxygens (including phenoxy) is 1. The number of pyridine rings is 2. The number of rotatable bonds is 8. The van der Waals surface area contributed by atoms with Gasteiger partial charge in [0, 0.05) is 61.8 Å². The number of benzene rings is 2. The molecule has 0 radical (unpaired) electrons. The molecule has 18 nitrogen and oxygen atoms in total. The van der Waals surface area contributed by atoms with Gasteiger partial charge in [0.05, 0.1) is 7.11 Å². The highest BCUT2D eigenvalue weighted by molar-refractivity contribution is 6.30. The fraction of sp³-hybridized carbons (Fsp3) is 0.140. The van der Waals surface area contributed by atoms with Crippen molar-refractivity contribution >= 4 is 52.7 Å². The van der Waals surface area contributed by atoms with Crippen molar-refractivity contribution in [3.8, 4) is 0 Å². The number of aromatic nitrogens is 8. The average Bonchev–Trinajstić information content (AvgIpc) is 3.25. The molecule has 0 aliphatic carbocycles. The second-order valence-corrected chi connectivity index (χ2v) is 13.9. The molecule has 0 aliphatic heterocycles. The van der Waals surface area contributed by atoms with E-state index in [1.165, 1.54) is 64.1 Å². The molecule has 4 N–H and O–H groups in total. The highest BCUT2D eigenvalue weighted by atomic mass is 35.5. The van der Waals surface area contributed by atoms with Gasteiger partial charge >= 0.3 is 11.9 Å². The van der Waals surface area contributed by atoms with Crippen LogP contribution in [-0.2, 0) is 38.7 Å². The van der Waals surface area contributed by atoms with Crippen LogP contribution in [-0.4, -0.2) is 69.4 Å². The summed E-state index contributed by atoms with van der Waals surface area (Å²) in [6.45, 7) is 0. The molecule has 1 amide bonds. The van der Waals surface area contributed by atoms with Crippen LogP contribution in [0.3, 0.4) is 0 Å². The fourth-order valence-electron chi connectivity index (χ4n) is 5.04.